The van der Waals surface area contributed by atoms with E-state index in [1.165, 1.54) is 12.8 Å². The summed E-state index contributed by atoms with van der Waals surface area (Å²) in [6.07, 6.45) is 12.1. The zero-order valence-electron chi connectivity index (χ0n) is 19.0. The monoisotopic (exact) mass is 448 g/mol. The summed E-state index contributed by atoms with van der Waals surface area (Å²) in [6, 6.07) is 9.92. The third kappa shape index (κ3) is 6.02. The summed E-state index contributed by atoms with van der Waals surface area (Å²) in [7, 11) is 0. The predicted octanol–water partition coefficient (Wildman–Crippen LogP) is 3.68. The van der Waals surface area contributed by atoms with Crippen molar-refractivity contribution in [2.45, 2.75) is 70.1 Å². The molecule has 1 aromatic heterocycles. The van der Waals surface area contributed by atoms with E-state index in [-0.39, 0.29) is 36.1 Å². The molecule has 1 unspecified atom stereocenters. The number of aromatic nitrogens is 1. The normalized spacial score (nSPS) is 19.7. The molecule has 0 bridgehead atoms. The molecule has 2 heterocycles. The van der Waals surface area contributed by atoms with E-state index >= 15 is 0 Å². The molecule has 1 aliphatic heterocycles. The summed E-state index contributed by atoms with van der Waals surface area (Å²) in [6.45, 7) is 1.44. The number of rotatable bonds is 7. The number of para-hydroxylation sites is 1. The van der Waals surface area contributed by atoms with Crippen LogP contribution in [-0.4, -0.2) is 41.7 Å². The standard InChI is InChI=1S/C26H32N4O3/c27-15-19(26(32)29-21-8-3-1-2-4-9-21)14-20-17-30(24-12-6-5-11-23(20)24)18-25(31)28-16-22-10-7-13-33-22/h5-6,11-12,14,17,21-22H,1-4,7-10,13,16,18H2,(H,28,31)(H,29,32). The highest BCUT2D eigenvalue weighted by molar-refractivity contribution is 6.04. The van der Waals surface area contributed by atoms with E-state index in [9.17, 15) is 14.9 Å². The number of hydrogen-bond acceptors (Lipinski definition) is 4. The largest absolute Gasteiger partial charge is 0.376 e. The molecular formula is C26H32N4O3. The summed E-state index contributed by atoms with van der Waals surface area (Å²) in [5, 5.41) is 16.6. The minimum Gasteiger partial charge on any atom is -0.376 e. The molecule has 2 N–H and O–H groups in total. The maximum absolute atomic E-state index is 12.8. The highest BCUT2D eigenvalue weighted by Gasteiger charge is 2.19. The van der Waals surface area contributed by atoms with Gasteiger partial charge in [0.05, 0.1) is 6.10 Å². The second-order valence-electron chi connectivity index (χ2n) is 9.00. The van der Waals surface area contributed by atoms with Gasteiger partial charge < -0.3 is 19.9 Å². The number of nitrogens with zero attached hydrogens (tertiary/aromatic N) is 2. The van der Waals surface area contributed by atoms with E-state index < -0.39 is 0 Å². The number of hydrogen-bond donors (Lipinski definition) is 2. The van der Waals surface area contributed by atoms with Gasteiger partial charge in [0.2, 0.25) is 5.91 Å². The van der Waals surface area contributed by atoms with Gasteiger partial charge in [0, 0.05) is 41.9 Å². The Bertz CT molecular complexity index is 1050. The second-order valence-corrected chi connectivity index (χ2v) is 9.00. The Morgan fingerprint density at radius 3 is 2.64 bits per heavy atom. The van der Waals surface area contributed by atoms with Gasteiger partial charge in [0.15, 0.2) is 0 Å². The van der Waals surface area contributed by atoms with Crippen LogP contribution >= 0.6 is 0 Å². The van der Waals surface area contributed by atoms with Crippen molar-refractivity contribution in [1.82, 2.24) is 15.2 Å². The number of ether oxygens (including phenoxy) is 1. The minimum absolute atomic E-state index is 0.0879. The third-order valence-corrected chi connectivity index (χ3v) is 6.54. The molecule has 2 fully saturated rings. The molecule has 0 radical (unpaired) electrons. The van der Waals surface area contributed by atoms with Crippen molar-refractivity contribution < 1.29 is 14.3 Å². The summed E-state index contributed by atoms with van der Waals surface area (Å²) < 4.78 is 7.44. The average Bonchev–Trinajstić information content (AvgIpc) is 3.38. The highest BCUT2D eigenvalue weighted by Crippen LogP contribution is 2.24. The van der Waals surface area contributed by atoms with Crippen molar-refractivity contribution in [3.8, 4) is 6.07 Å². The molecule has 2 amide bonds. The smallest absolute Gasteiger partial charge is 0.262 e. The molecule has 1 saturated carbocycles. The van der Waals surface area contributed by atoms with Gasteiger partial charge in [-0.25, -0.2) is 0 Å². The van der Waals surface area contributed by atoms with Crippen LogP contribution < -0.4 is 10.6 Å². The van der Waals surface area contributed by atoms with Crippen LogP contribution in [0.5, 0.6) is 0 Å². The van der Waals surface area contributed by atoms with Crippen molar-refractivity contribution in [2.24, 2.45) is 0 Å². The van der Waals surface area contributed by atoms with Crippen LogP contribution in [0.25, 0.3) is 17.0 Å². The fourth-order valence-electron chi connectivity index (χ4n) is 4.76. The Kier molecular flexibility index (Phi) is 7.79. The van der Waals surface area contributed by atoms with Gasteiger partial charge >= 0.3 is 0 Å². The molecule has 1 aromatic carbocycles. The maximum atomic E-state index is 12.8. The summed E-state index contributed by atoms with van der Waals surface area (Å²) >= 11 is 0. The van der Waals surface area contributed by atoms with Gasteiger partial charge in [-0.15, -0.1) is 0 Å². The van der Waals surface area contributed by atoms with Gasteiger partial charge in [-0.1, -0.05) is 43.9 Å². The SMILES string of the molecule is N#CC(=Cc1cn(CC(=O)NCC2CCCO2)c2ccccc12)C(=O)NC1CCCCCC1. The molecule has 2 aliphatic rings. The molecule has 4 rings (SSSR count). The minimum atomic E-state index is -0.324. The number of nitrogens with one attached hydrogen (secondary N) is 2. The van der Waals surface area contributed by atoms with Gasteiger partial charge in [-0.05, 0) is 37.8 Å². The molecule has 2 aromatic rings. The highest BCUT2D eigenvalue weighted by atomic mass is 16.5. The summed E-state index contributed by atoms with van der Waals surface area (Å²) in [4.78, 5) is 25.3. The molecule has 7 heteroatoms. The number of nitriles is 1. The van der Waals surface area contributed by atoms with Gasteiger partial charge in [-0.2, -0.15) is 5.26 Å². The van der Waals surface area contributed by atoms with E-state index in [0.717, 1.165) is 61.6 Å². The number of fused-ring (bicyclic) bond motifs is 1. The first-order valence-electron chi connectivity index (χ1n) is 12.0. The molecular weight excluding hydrogens is 416 g/mol. The average molecular weight is 449 g/mol. The molecule has 1 aliphatic carbocycles. The zero-order valence-corrected chi connectivity index (χ0v) is 19.0. The topological polar surface area (TPSA) is 96.2 Å². The van der Waals surface area contributed by atoms with Crippen molar-refractivity contribution >= 4 is 28.8 Å². The van der Waals surface area contributed by atoms with Gasteiger partial charge in [0.25, 0.3) is 5.91 Å². The van der Waals surface area contributed by atoms with E-state index in [2.05, 4.69) is 16.7 Å². The maximum Gasteiger partial charge on any atom is 0.262 e. The van der Waals surface area contributed by atoms with Crippen molar-refractivity contribution in [3.63, 3.8) is 0 Å². The molecule has 33 heavy (non-hydrogen) atoms. The zero-order chi connectivity index (χ0) is 23.0. The van der Waals surface area contributed by atoms with E-state index in [1.54, 1.807) is 6.08 Å². The Morgan fingerprint density at radius 1 is 1.12 bits per heavy atom. The molecule has 0 spiro atoms. The molecule has 1 saturated heterocycles. The van der Waals surface area contributed by atoms with Crippen molar-refractivity contribution in [1.29, 1.82) is 5.26 Å². The first kappa shape index (κ1) is 23.1. The Balaban J connectivity index is 1.49. The molecule has 174 valence electrons. The lowest BCUT2D eigenvalue weighted by Crippen LogP contribution is -2.35. The van der Waals surface area contributed by atoms with Crippen molar-refractivity contribution in [2.75, 3.05) is 13.2 Å². The molecule has 7 nitrogen and oxygen atoms in total. The fraction of sp³-hybridized carbons (Fsp3) is 0.500. The van der Waals surface area contributed by atoms with Crippen LogP contribution in [0.1, 0.15) is 56.9 Å². The van der Waals surface area contributed by atoms with Gasteiger partial charge in [-0.3, -0.25) is 9.59 Å². The van der Waals surface area contributed by atoms with Gasteiger partial charge in [0.1, 0.15) is 18.2 Å². The quantitative estimate of drug-likeness (QED) is 0.384. The van der Waals surface area contributed by atoms with Crippen molar-refractivity contribution in [3.05, 3.63) is 41.6 Å². The summed E-state index contributed by atoms with van der Waals surface area (Å²) in [5.41, 5.74) is 1.73. The van der Waals surface area contributed by atoms with Crippen LogP contribution in [0.4, 0.5) is 0 Å². The van der Waals surface area contributed by atoms with Crippen LogP contribution in [-0.2, 0) is 20.9 Å². The lowest BCUT2D eigenvalue weighted by atomic mass is 10.1. The predicted molar refractivity (Wildman–Crippen MR) is 127 cm³/mol. The fourth-order valence-corrected chi connectivity index (χ4v) is 4.76. The van der Waals surface area contributed by atoms with Crippen LogP contribution in [0.2, 0.25) is 0 Å². The van der Waals surface area contributed by atoms with E-state index in [0.29, 0.717) is 6.54 Å². The lowest BCUT2D eigenvalue weighted by Gasteiger charge is -2.15. The van der Waals surface area contributed by atoms with Crippen LogP contribution in [0.15, 0.2) is 36.0 Å². The number of carbonyl (C=O) groups is 2. The lowest BCUT2D eigenvalue weighted by molar-refractivity contribution is -0.122. The number of benzene rings is 1. The molecule has 1 atom stereocenters. The second kappa shape index (κ2) is 11.2. The Morgan fingerprint density at radius 2 is 1.91 bits per heavy atom. The summed E-state index contributed by atoms with van der Waals surface area (Å²) in [5.74, 6) is -0.413. The van der Waals surface area contributed by atoms with Crippen LogP contribution in [0.3, 0.4) is 0 Å². The van der Waals surface area contributed by atoms with Crippen LogP contribution in [0, 0.1) is 11.3 Å². The Labute approximate surface area is 194 Å². The Hall–Kier alpha value is -3.11. The third-order valence-electron chi connectivity index (χ3n) is 6.54. The number of carbonyl (C=O) groups excluding carboxylic acids is 2. The first-order valence-corrected chi connectivity index (χ1v) is 12.0. The number of amides is 2. The van der Waals surface area contributed by atoms with E-state index in [4.69, 9.17) is 4.74 Å². The first-order chi connectivity index (χ1) is 16.1. The van der Waals surface area contributed by atoms with E-state index in [1.807, 2.05) is 35.0 Å².